The van der Waals surface area contributed by atoms with Gasteiger partial charge in [-0.05, 0) is 63.5 Å². The van der Waals surface area contributed by atoms with E-state index in [1.807, 2.05) is 0 Å². The summed E-state index contributed by atoms with van der Waals surface area (Å²) in [6.45, 7) is 1.91. The van der Waals surface area contributed by atoms with Crippen LogP contribution in [0.5, 0.6) is 0 Å². The van der Waals surface area contributed by atoms with Crippen molar-refractivity contribution in [3.05, 3.63) is 11.6 Å². The molecule has 0 unspecified atom stereocenters. The molecule has 0 aromatic carbocycles. The minimum absolute atomic E-state index is 0.0369. The first-order valence-electron chi connectivity index (χ1n) is 8.98. The summed E-state index contributed by atoms with van der Waals surface area (Å²) >= 11 is 0. The average molecular weight is 338 g/mol. The third-order valence-electron chi connectivity index (χ3n) is 5.66. The molecule has 4 fully saturated rings. The van der Waals surface area contributed by atoms with E-state index in [2.05, 4.69) is 10.2 Å². The molecule has 1 amide bonds. The SMILES string of the molecule is O=C(C=C(C1CC1)C1CC1)N[C@H]1CS(=O)(=O)C[C@@H]1N1CCCC1. The molecule has 23 heavy (non-hydrogen) atoms. The van der Waals surface area contributed by atoms with Crippen LogP contribution in [0.4, 0.5) is 0 Å². The minimum atomic E-state index is -3.04. The Morgan fingerprint density at radius 1 is 1.00 bits per heavy atom. The van der Waals surface area contributed by atoms with Crippen LogP contribution in [0.1, 0.15) is 38.5 Å². The van der Waals surface area contributed by atoms with E-state index in [0.29, 0.717) is 11.8 Å². The second kappa shape index (κ2) is 5.88. The highest BCUT2D eigenvalue weighted by molar-refractivity contribution is 7.91. The first kappa shape index (κ1) is 15.6. The lowest BCUT2D eigenvalue weighted by Crippen LogP contribution is -2.50. The molecule has 2 saturated heterocycles. The zero-order chi connectivity index (χ0) is 16.0. The van der Waals surface area contributed by atoms with Crippen molar-refractivity contribution in [2.75, 3.05) is 24.6 Å². The largest absolute Gasteiger partial charge is 0.347 e. The number of carbonyl (C=O) groups excluding carboxylic acids is 1. The quantitative estimate of drug-likeness (QED) is 0.763. The number of nitrogens with zero attached hydrogens (tertiary/aromatic N) is 1. The lowest BCUT2D eigenvalue weighted by atomic mass is 10.1. The molecule has 2 aliphatic carbocycles. The molecule has 0 aromatic heterocycles. The van der Waals surface area contributed by atoms with Gasteiger partial charge in [0.15, 0.2) is 9.84 Å². The summed E-state index contributed by atoms with van der Waals surface area (Å²) in [4.78, 5) is 14.7. The maximum atomic E-state index is 12.4. The molecule has 2 heterocycles. The van der Waals surface area contributed by atoms with E-state index in [-0.39, 0.29) is 29.5 Å². The standard InChI is InChI=1S/C17H26N2O3S/c20-17(9-14(12-3-4-12)13-5-6-13)18-15-10-23(21,22)11-16(15)19-7-1-2-8-19/h9,12-13,15-16H,1-8,10-11H2,(H,18,20)/t15-,16-/m0/s1. The predicted molar refractivity (Wildman–Crippen MR) is 88.7 cm³/mol. The van der Waals surface area contributed by atoms with Crippen molar-refractivity contribution in [1.29, 1.82) is 0 Å². The van der Waals surface area contributed by atoms with Gasteiger partial charge in [-0.3, -0.25) is 9.69 Å². The highest BCUT2D eigenvalue weighted by atomic mass is 32.2. The average Bonchev–Trinajstić information content (AvgIpc) is 3.40. The molecule has 4 rings (SSSR count). The van der Waals surface area contributed by atoms with Crippen LogP contribution in [0.2, 0.25) is 0 Å². The normalized spacial score (nSPS) is 33.6. The molecule has 2 atom stereocenters. The molecule has 2 aliphatic heterocycles. The van der Waals surface area contributed by atoms with Crippen LogP contribution >= 0.6 is 0 Å². The van der Waals surface area contributed by atoms with Crippen LogP contribution in [0.25, 0.3) is 0 Å². The van der Waals surface area contributed by atoms with Crippen LogP contribution in [0.3, 0.4) is 0 Å². The molecule has 0 bridgehead atoms. The van der Waals surface area contributed by atoms with Gasteiger partial charge in [0.1, 0.15) is 0 Å². The number of allylic oxidation sites excluding steroid dienone is 1. The van der Waals surface area contributed by atoms with Crippen molar-refractivity contribution in [3.63, 3.8) is 0 Å². The predicted octanol–water partition coefficient (Wildman–Crippen LogP) is 1.11. The summed E-state index contributed by atoms with van der Waals surface area (Å²) in [7, 11) is -3.04. The molecule has 1 N–H and O–H groups in total. The van der Waals surface area contributed by atoms with E-state index < -0.39 is 9.84 Å². The molecule has 5 nitrogen and oxygen atoms in total. The van der Waals surface area contributed by atoms with Gasteiger partial charge in [-0.2, -0.15) is 0 Å². The Bertz CT molecular complexity index is 600. The summed E-state index contributed by atoms with van der Waals surface area (Å²) in [6, 6.07) is -0.286. The van der Waals surface area contributed by atoms with Gasteiger partial charge in [0.05, 0.1) is 17.5 Å². The number of hydrogen-bond donors (Lipinski definition) is 1. The highest BCUT2D eigenvalue weighted by Gasteiger charge is 2.42. The van der Waals surface area contributed by atoms with E-state index in [1.54, 1.807) is 6.08 Å². The van der Waals surface area contributed by atoms with Gasteiger partial charge in [-0.15, -0.1) is 0 Å². The fourth-order valence-electron chi connectivity index (χ4n) is 4.18. The number of sulfone groups is 1. The summed E-state index contributed by atoms with van der Waals surface area (Å²) in [5, 5.41) is 3.02. The fraction of sp³-hybridized carbons (Fsp3) is 0.824. The molecular formula is C17H26N2O3S. The van der Waals surface area contributed by atoms with E-state index in [0.717, 1.165) is 25.9 Å². The van der Waals surface area contributed by atoms with Crippen molar-refractivity contribution < 1.29 is 13.2 Å². The summed E-state index contributed by atoms with van der Waals surface area (Å²) in [5.41, 5.74) is 1.32. The number of amides is 1. The van der Waals surface area contributed by atoms with Gasteiger partial charge in [0.2, 0.25) is 5.91 Å². The van der Waals surface area contributed by atoms with Crippen LogP contribution in [0.15, 0.2) is 11.6 Å². The smallest absolute Gasteiger partial charge is 0.244 e. The van der Waals surface area contributed by atoms with Crippen LogP contribution in [-0.4, -0.2) is 55.9 Å². The second-order valence-corrected chi connectivity index (χ2v) is 9.85. The number of rotatable bonds is 5. The maximum absolute atomic E-state index is 12.4. The number of carbonyl (C=O) groups is 1. The monoisotopic (exact) mass is 338 g/mol. The Morgan fingerprint density at radius 3 is 2.17 bits per heavy atom. The zero-order valence-electron chi connectivity index (χ0n) is 13.5. The molecule has 0 radical (unpaired) electrons. The third-order valence-corrected chi connectivity index (χ3v) is 7.37. The van der Waals surface area contributed by atoms with Crippen LogP contribution in [0, 0.1) is 11.8 Å². The third kappa shape index (κ3) is 3.63. The van der Waals surface area contributed by atoms with Crippen molar-refractivity contribution >= 4 is 15.7 Å². The van der Waals surface area contributed by atoms with E-state index in [9.17, 15) is 13.2 Å². The van der Waals surface area contributed by atoms with E-state index >= 15 is 0 Å². The first-order chi connectivity index (χ1) is 11.0. The van der Waals surface area contributed by atoms with Crippen LogP contribution < -0.4 is 5.32 Å². The maximum Gasteiger partial charge on any atom is 0.244 e. The Hall–Kier alpha value is -0.880. The van der Waals surface area contributed by atoms with Gasteiger partial charge in [-0.1, -0.05) is 5.57 Å². The molecule has 6 heteroatoms. The Kier molecular flexibility index (Phi) is 4.00. The second-order valence-electron chi connectivity index (χ2n) is 7.70. The summed E-state index contributed by atoms with van der Waals surface area (Å²) in [5.74, 6) is 1.45. The van der Waals surface area contributed by atoms with Crippen molar-refractivity contribution in [3.8, 4) is 0 Å². The summed E-state index contributed by atoms with van der Waals surface area (Å²) in [6.07, 6.45) is 8.90. The van der Waals surface area contributed by atoms with Gasteiger partial charge >= 0.3 is 0 Å². The topological polar surface area (TPSA) is 66.5 Å². The minimum Gasteiger partial charge on any atom is -0.347 e. The Morgan fingerprint density at radius 2 is 1.61 bits per heavy atom. The molecular weight excluding hydrogens is 312 g/mol. The lowest BCUT2D eigenvalue weighted by molar-refractivity contribution is -0.117. The van der Waals surface area contributed by atoms with Gasteiger partial charge in [-0.25, -0.2) is 8.42 Å². The van der Waals surface area contributed by atoms with E-state index in [4.69, 9.17) is 0 Å². The van der Waals surface area contributed by atoms with Crippen LogP contribution in [-0.2, 0) is 14.6 Å². The molecule has 4 aliphatic rings. The number of likely N-dealkylation sites (tertiary alicyclic amines) is 1. The lowest BCUT2D eigenvalue weighted by Gasteiger charge is -2.28. The molecule has 128 valence electrons. The fourth-order valence-corrected chi connectivity index (χ4v) is 6.13. The molecule has 0 spiro atoms. The summed E-state index contributed by atoms with van der Waals surface area (Å²) < 4.78 is 24.1. The Labute approximate surface area is 138 Å². The molecule has 0 aromatic rings. The highest BCUT2D eigenvalue weighted by Crippen LogP contribution is 2.48. The van der Waals surface area contributed by atoms with Gasteiger partial charge in [0, 0.05) is 12.1 Å². The zero-order valence-corrected chi connectivity index (χ0v) is 14.4. The number of hydrogen-bond acceptors (Lipinski definition) is 4. The van der Waals surface area contributed by atoms with Gasteiger partial charge < -0.3 is 5.32 Å². The van der Waals surface area contributed by atoms with Crippen molar-refractivity contribution in [1.82, 2.24) is 10.2 Å². The van der Waals surface area contributed by atoms with Gasteiger partial charge in [0.25, 0.3) is 0 Å². The van der Waals surface area contributed by atoms with E-state index in [1.165, 1.54) is 31.3 Å². The first-order valence-corrected chi connectivity index (χ1v) is 10.8. The Balaban J connectivity index is 1.45. The number of nitrogens with one attached hydrogen (secondary N) is 1. The molecule has 2 saturated carbocycles. The van der Waals surface area contributed by atoms with Crippen molar-refractivity contribution in [2.24, 2.45) is 11.8 Å². The van der Waals surface area contributed by atoms with Crippen molar-refractivity contribution in [2.45, 2.75) is 50.6 Å².